The van der Waals surface area contributed by atoms with Crippen LogP contribution in [0.1, 0.15) is 23.0 Å². The molecule has 0 saturated heterocycles. The smallest absolute Gasteiger partial charge is 0.272 e. The van der Waals surface area contributed by atoms with Crippen LogP contribution in [-0.4, -0.2) is 40.3 Å². The minimum Gasteiger partial charge on any atom is -0.355 e. The number of aromatic nitrogens is 2. The zero-order chi connectivity index (χ0) is 20.6. The van der Waals surface area contributed by atoms with Crippen LogP contribution >= 0.6 is 0 Å². The Morgan fingerprint density at radius 1 is 0.931 bits per heavy atom. The van der Waals surface area contributed by atoms with Crippen molar-refractivity contribution in [2.45, 2.75) is 13.3 Å². The minimum atomic E-state index is -0.135. The van der Waals surface area contributed by atoms with E-state index in [4.69, 9.17) is 0 Å². The van der Waals surface area contributed by atoms with Crippen LogP contribution in [0.3, 0.4) is 0 Å². The number of amides is 2. The van der Waals surface area contributed by atoms with Gasteiger partial charge in [-0.3, -0.25) is 19.6 Å². The van der Waals surface area contributed by atoms with E-state index in [2.05, 4.69) is 20.6 Å². The molecule has 0 radical (unpaired) electrons. The Morgan fingerprint density at radius 2 is 1.62 bits per heavy atom. The van der Waals surface area contributed by atoms with Crippen LogP contribution in [-0.2, 0) is 11.2 Å². The molecule has 2 aromatic heterocycles. The van der Waals surface area contributed by atoms with Gasteiger partial charge in [0.1, 0.15) is 5.69 Å². The summed E-state index contributed by atoms with van der Waals surface area (Å²) in [7, 11) is 1.77. The average molecular weight is 389 g/mol. The Balaban J connectivity index is 1.62. The van der Waals surface area contributed by atoms with Gasteiger partial charge in [-0.1, -0.05) is 0 Å². The number of nitrogens with one attached hydrogen (secondary N) is 2. The number of carbonyl (C=O) groups excluding carboxylic acids is 2. The van der Waals surface area contributed by atoms with Gasteiger partial charge in [-0.05, 0) is 60.5 Å². The molecule has 0 unspecified atom stereocenters. The van der Waals surface area contributed by atoms with Crippen molar-refractivity contribution in [3.05, 3.63) is 78.4 Å². The molecule has 3 rings (SSSR count). The molecule has 0 aliphatic heterocycles. The third kappa shape index (κ3) is 5.87. The summed E-state index contributed by atoms with van der Waals surface area (Å²) in [6.45, 7) is 2.06. The first kappa shape index (κ1) is 20.0. The lowest BCUT2D eigenvalue weighted by Gasteiger charge is -2.17. The lowest BCUT2D eigenvalue weighted by molar-refractivity contribution is -0.114. The van der Waals surface area contributed by atoms with Gasteiger partial charge in [0.25, 0.3) is 5.91 Å². The van der Waals surface area contributed by atoms with E-state index in [1.54, 1.807) is 42.7 Å². The summed E-state index contributed by atoms with van der Waals surface area (Å²) < 4.78 is 0. The lowest BCUT2D eigenvalue weighted by Crippen LogP contribution is -2.29. The van der Waals surface area contributed by atoms with Gasteiger partial charge < -0.3 is 15.5 Å². The molecule has 2 heterocycles. The second kappa shape index (κ2) is 9.45. The summed E-state index contributed by atoms with van der Waals surface area (Å²) in [6, 6.07) is 14.7. The van der Waals surface area contributed by atoms with Crippen LogP contribution in [0, 0.1) is 0 Å². The number of pyridine rings is 2. The number of nitrogens with zero attached hydrogens (tertiary/aromatic N) is 3. The van der Waals surface area contributed by atoms with Crippen molar-refractivity contribution in [2.75, 3.05) is 24.2 Å². The minimum absolute atomic E-state index is 0.115. The van der Waals surface area contributed by atoms with E-state index in [1.165, 1.54) is 6.92 Å². The summed E-state index contributed by atoms with van der Waals surface area (Å²) in [5, 5.41) is 5.97. The molecule has 148 valence electrons. The van der Waals surface area contributed by atoms with E-state index in [9.17, 15) is 9.59 Å². The first-order valence-corrected chi connectivity index (χ1v) is 9.26. The Labute approximate surface area is 169 Å². The van der Waals surface area contributed by atoms with E-state index >= 15 is 0 Å². The quantitative estimate of drug-likeness (QED) is 0.646. The first-order valence-electron chi connectivity index (χ1n) is 9.26. The number of anilines is 3. The van der Waals surface area contributed by atoms with E-state index in [0.29, 0.717) is 12.2 Å². The van der Waals surface area contributed by atoms with E-state index in [-0.39, 0.29) is 11.8 Å². The van der Waals surface area contributed by atoms with Gasteiger partial charge in [-0.2, -0.15) is 0 Å². The number of carbonyl (C=O) groups is 2. The van der Waals surface area contributed by atoms with Crippen LogP contribution in [0.4, 0.5) is 17.1 Å². The Hall–Kier alpha value is -3.74. The SMILES string of the molecule is CC(=O)Nc1ccc(Nc2ccnc(C(=O)N(C)CCc3ccncc3)c2)cc1. The second-order valence-electron chi connectivity index (χ2n) is 6.65. The fourth-order valence-electron chi connectivity index (χ4n) is 2.78. The summed E-state index contributed by atoms with van der Waals surface area (Å²) in [5.74, 6) is -0.250. The highest BCUT2D eigenvalue weighted by Crippen LogP contribution is 2.19. The fourth-order valence-corrected chi connectivity index (χ4v) is 2.78. The maximum absolute atomic E-state index is 12.7. The zero-order valence-electron chi connectivity index (χ0n) is 16.4. The molecule has 7 heteroatoms. The third-order valence-corrected chi connectivity index (χ3v) is 4.30. The third-order valence-electron chi connectivity index (χ3n) is 4.30. The van der Waals surface area contributed by atoms with Crippen LogP contribution in [0.15, 0.2) is 67.1 Å². The molecule has 3 aromatic rings. The van der Waals surface area contributed by atoms with E-state index in [1.807, 2.05) is 36.4 Å². The van der Waals surface area contributed by atoms with Crippen molar-refractivity contribution in [1.82, 2.24) is 14.9 Å². The molecule has 29 heavy (non-hydrogen) atoms. The van der Waals surface area contributed by atoms with Gasteiger partial charge in [0.2, 0.25) is 5.91 Å². The average Bonchev–Trinajstić information content (AvgIpc) is 2.73. The normalized spacial score (nSPS) is 10.3. The van der Waals surface area contributed by atoms with Crippen molar-refractivity contribution in [3.8, 4) is 0 Å². The van der Waals surface area contributed by atoms with Gasteiger partial charge in [0, 0.05) is 56.2 Å². The molecular formula is C22H23N5O2. The predicted molar refractivity (Wildman–Crippen MR) is 113 cm³/mol. The van der Waals surface area contributed by atoms with Crippen molar-refractivity contribution in [1.29, 1.82) is 0 Å². The molecule has 7 nitrogen and oxygen atoms in total. The monoisotopic (exact) mass is 389 g/mol. The van der Waals surface area contributed by atoms with Gasteiger partial charge in [-0.25, -0.2) is 0 Å². The number of hydrogen-bond donors (Lipinski definition) is 2. The van der Waals surface area contributed by atoms with E-state index in [0.717, 1.165) is 29.0 Å². The van der Waals surface area contributed by atoms with Crippen LogP contribution in [0.25, 0.3) is 0 Å². The largest absolute Gasteiger partial charge is 0.355 e. The van der Waals surface area contributed by atoms with Crippen LogP contribution in [0.2, 0.25) is 0 Å². The molecule has 2 N–H and O–H groups in total. The topological polar surface area (TPSA) is 87.2 Å². The lowest BCUT2D eigenvalue weighted by atomic mass is 10.2. The van der Waals surface area contributed by atoms with Crippen LogP contribution < -0.4 is 10.6 Å². The molecule has 0 spiro atoms. The van der Waals surface area contributed by atoms with Gasteiger partial charge >= 0.3 is 0 Å². The molecule has 0 bridgehead atoms. The maximum atomic E-state index is 12.7. The number of rotatable bonds is 7. The summed E-state index contributed by atoms with van der Waals surface area (Å²) in [5.41, 5.74) is 3.84. The fraction of sp³-hybridized carbons (Fsp3) is 0.182. The van der Waals surface area contributed by atoms with Crippen molar-refractivity contribution < 1.29 is 9.59 Å². The second-order valence-corrected chi connectivity index (χ2v) is 6.65. The molecule has 1 aromatic carbocycles. The summed E-state index contributed by atoms with van der Waals surface area (Å²) in [4.78, 5) is 33.7. The Kier molecular flexibility index (Phi) is 6.52. The molecule has 0 aliphatic carbocycles. The molecule has 2 amide bonds. The maximum Gasteiger partial charge on any atom is 0.272 e. The highest BCUT2D eigenvalue weighted by Gasteiger charge is 2.13. The van der Waals surface area contributed by atoms with Crippen molar-refractivity contribution in [3.63, 3.8) is 0 Å². The number of benzene rings is 1. The van der Waals surface area contributed by atoms with Gasteiger partial charge in [0.05, 0.1) is 0 Å². The molecule has 0 atom stereocenters. The Bertz CT molecular complexity index is 974. The Morgan fingerprint density at radius 3 is 2.31 bits per heavy atom. The van der Waals surface area contributed by atoms with E-state index < -0.39 is 0 Å². The van der Waals surface area contributed by atoms with Gasteiger partial charge in [-0.15, -0.1) is 0 Å². The highest BCUT2D eigenvalue weighted by molar-refractivity contribution is 5.93. The standard InChI is InChI=1S/C22H23N5O2/c1-16(28)25-18-3-5-19(6-4-18)26-20-9-13-24-21(15-20)22(29)27(2)14-10-17-7-11-23-12-8-17/h3-9,11-13,15H,10,14H2,1-2H3,(H,24,26)(H,25,28). The molecule has 0 aliphatic rings. The van der Waals surface area contributed by atoms with Crippen molar-refractivity contribution in [2.24, 2.45) is 0 Å². The molecular weight excluding hydrogens is 366 g/mol. The van der Waals surface area contributed by atoms with Crippen molar-refractivity contribution >= 4 is 28.9 Å². The van der Waals surface area contributed by atoms with Crippen LogP contribution in [0.5, 0.6) is 0 Å². The van der Waals surface area contributed by atoms with Gasteiger partial charge in [0.15, 0.2) is 0 Å². The summed E-state index contributed by atoms with van der Waals surface area (Å²) in [6.07, 6.45) is 5.86. The highest BCUT2D eigenvalue weighted by atomic mass is 16.2. The number of hydrogen-bond acceptors (Lipinski definition) is 5. The predicted octanol–water partition coefficient (Wildman–Crippen LogP) is 3.49. The molecule has 0 fully saturated rings. The number of likely N-dealkylation sites (N-methyl/N-ethyl adjacent to an activating group) is 1. The molecule has 0 saturated carbocycles. The zero-order valence-corrected chi connectivity index (χ0v) is 16.4. The first-order chi connectivity index (χ1) is 14.0. The summed E-state index contributed by atoms with van der Waals surface area (Å²) >= 11 is 0.